The van der Waals surface area contributed by atoms with E-state index in [9.17, 15) is 0 Å². The van der Waals surface area contributed by atoms with Gasteiger partial charge in [0.2, 0.25) is 0 Å². The van der Waals surface area contributed by atoms with Crippen LogP contribution in [0, 0.1) is 6.92 Å². The number of tetrazole rings is 1. The Morgan fingerprint density at radius 3 is 2.57 bits per heavy atom. The van der Waals surface area contributed by atoms with Crippen molar-refractivity contribution in [3.8, 4) is 0 Å². The highest BCUT2D eigenvalue weighted by molar-refractivity contribution is 5.26. The highest BCUT2D eigenvalue weighted by atomic mass is 15.5. The van der Waals surface area contributed by atoms with Crippen molar-refractivity contribution in [2.75, 3.05) is 6.54 Å². The number of rotatable bonds is 3. The number of aromatic nitrogens is 4. The molecule has 3 rings (SSSR count). The first-order valence-electron chi connectivity index (χ1n) is 7.61. The van der Waals surface area contributed by atoms with E-state index in [-0.39, 0.29) is 6.04 Å². The normalized spacial score (nSPS) is 24.4. The molecule has 1 aromatic heterocycles. The van der Waals surface area contributed by atoms with Crippen LogP contribution in [0.5, 0.6) is 0 Å². The molecule has 1 aliphatic rings. The van der Waals surface area contributed by atoms with Crippen molar-refractivity contribution in [3.05, 3.63) is 41.2 Å². The van der Waals surface area contributed by atoms with E-state index in [0.29, 0.717) is 12.0 Å². The Morgan fingerprint density at radius 2 is 1.95 bits per heavy atom. The van der Waals surface area contributed by atoms with Crippen molar-refractivity contribution in [2.24, 2.45) is 7.05 Å². The molecule has 0 aliphatic carbocycles. The standard InChI is InChI=1S/C16H23N5/c1-11-5-7-14(8-6-11)15-9-12(2)21(10-15)13(3)16-17-18-19-20(16)4/h5-8,12-13,15H,9-10H2,1-4H3/t12-,13-,15+/m0/s1. The Hall–Kier alpha value is -1.75. The molecule has 5 heteroatoms. The number of hydrogen-bond donors (Lipinski definition) is 0. The van der Waals surface area contributed by atoms with Crippen molar-refractivity contribution >= 4 is 0 Å². The van der Waals surface area contributed by atoms with Crippen LogP contribution in [0.1, 0.15) is 49.2 Å². The SMILES string of the molecule is Cc1ccc([C@@H]2C[C@H](C)N([C@@H](C)c3nnnn3C)C2)cc1. The van der Waals surface area contributed by atoms with Gasteiger partial charge >= 0.3 is 0 Å². The zero-order valence-corrected chi connectivity index (χ0v) is 13.2. The minimum atomic E-state index is 0.246. The molecule has 0 radical (unpaired) electrons. The average molecular weight is 285 g/mol. The lowest BCUT2D eigenvalue weighted by atomic mass is 9.96. The molecule has 0 bridgehead atoms. The lowest BCUT2D eigenvalue weighted by Crippen LogP contribution is -2.31. The molecule has 2 aromatic rings. The Balaban J connectivity index is 1.77. The van der Waals surface area contributed by atoms with Gasteiger partial charge in [0.15, 0.2) is 5.82 Å². The fraction of sp³-hybridized carbons (Fsp3) is 0.562. The highest BCUT2D eigenvalue weighted by Crippen LogP contribution is 2.36. The molecule has 3 atom stereocenters. The maximum Gasteiger partial charge on any atom is 0.167 e. The summed E-state index contributed by atoms with van der Waals surface area (Å²) >= 11 is 0. The molecule has 0 unspecified atom stereocenters. The monoisotopic (exact) mass is 285 g/mol. The zero-order chi connectivity index (χ0) is 15.0. The molecule has 2 heterocycles. The fourth-order valence-corrected chi connectivity index (χ4v) is 3.41. The summed E-state index contributed by atoms with van der Waals surface area (Å²) in [6.45, 7) is 7.70. The minimum Gasteiger partial charge on any atom is -0.290 e. The third-order valence-corrected chi connectivity index (χ3v) is 4.70. The Labute approximate surface area is 126 Å². The van der Waals surface area contributed by atoms with Crippen LogP contribution in [0.2, 0.25) is 0 Å². The Bertz CT molecular complexity index is 603. The molecule has 0 N–H and O–H groups in total. The van der Waals surface area contributed by atoms with Gasteiger partial charge in [0.25, 0.3) is 0 Å². The summed E-state index contributed by atoms with van der Waals surface area (Å²) in [4.78, 5) is 2.51. The second kappa shape index (κ2) is 5.56. The summed E-state index contributed by atoms with van der Waals surface area (Å²) < 4.78 is 1.77. The third kappa shape index (κ3) is 2.70. The molecule has 0 saturated carbocycles. The molecule has 21 heavy (non-hydrogen) atoms. The number of nitrogens with zero attached hydrogens (tertiary/aromatic N) is 5. The topological polar surface area (TPSA) is 46.8 Å². The van der Waals surface area contributed by atoms with Crippen molar-refractivity contribution in [1.82, 2.24) is 25.1 Å². The van der Waals surface area contributed by atoms with E-state index in [0.717, 1.165) is 12.4 Å². The van der Waals surface area contributed by atoms with E-state index in [2.05, 4.69) is 65.5 Å². The van der Waals surface area contributed by atoms with Crippen LogP contribution in [-0.4, -0.2) is 37.7 Å². The van der Waals surface area contributed by atoms with Gasteiger partial charge in [-0.2, -0.15) is 0 Å². The van der Waals surface area contributed by atoms with Crippen LogP contribution in [0.15, 0.2) is 24.3 Å². The largest absolute Gasteiger partial charge is 0.290 e. The van der Waals surface area contributed by atoms with Gasteiger partial charge < -0.3 is 0 Å². The van der Waals surface area contributed by atoms with Gasteiger partial charge in [0.1, 0.15) is 0 Å². The predicted octanol–water partition coefficient (Wildman–Crippen LogP) is 2.46. The van der Waals surface area contributed by atoms with Crippen LogP contribution in [-0.2, 0) is 7.05 Å². The van der Waals surface area contributed by atoms with Crippen LogP contribution in [0.3, 0.4) is 0 Å². The molecular formula is C16H23N5. The second-order valence-corrected chi connectivity index (χ2v) is 6.23. The lowest BCUT2D eigenvalue weighted by Gasteiger charge is -2.27. The van der Waals surface area contributed by atoms with Crippen LogP contribution in [0.25, 0.3) is 0 Å². The quantitative estimate of drug-likeness (QED) is 0.869. The number of benzene rings is 1. The van der Waals surface area contributed by atoms with Gasteiger partial charge in [-0.15, -0.1) is 5.10 Å². The summed E-state index contributed by atoms with van der Waals surface area (Å²) in [6, 6.07) is 9.74. The van der Waals surface area contributed by atoms with E-state index >= 15 is 0 Å². The molecule has 1 aliphatic heterocycles. The van der Waals surface area contributed by atoms with Crippen molar-refractivity contribution in [1.29, 1.82) is 0 Å². The summed E-state index contributed by atoms with van der Waals surface area (Å²) in [6.07, 6.45) is 1.19. The summed E-state index contributed by atoms with van der Waals surface area (Å²) in [5.74, 6) is 1.54. The van der Waals surface area contributed by atoms with Gasteiger partial charge in [-0.25, -0.2) is 4.68 Å². The molecule has 1 saturated heterocycles. The van der Waals surface area contributed by atoms with E-state index in [1.807, 2.05) is 7.05 Å². The first-order chi connectivity index (χ1) is 10.1. The van der Waals surface area contributed by atoms with E-state index in [1.165, 1.54) is 17.5 Å². The Morgan fingerprint density at radius 1 is 1.24 bits per heavy atom. The molecule has 0 spiro atoms. The predicted molar refractivity (Wildman–Crippen MR) is 81.9 cm³/mol. The van der Waals surface area contributed by atoms with Crippen molar-refractivity contribution < 1.29 is 0 Å². The van der Waals surface area contributed by atoms with Crippen LogP contribution < -0.4 is 0 Å². The van der Waals surface area contributed by atoms with Gasteiger partial charge in [-0.1, -0.05) is 29.8 Å². The Kier molecular flexibility index (Phi) is 3.76. The van der Waals surface area contributed by atoms with Crippen LogP contribution in [0.4, 0.5) is 0 Å². The van der Waals surface area contributed by atoms with Crippen molar-refractivity contribution in [3.63, 3.8) is 0 Å². The first-order valence-corrected chi connectivity index (χ1v) is 7.61. The smallest absolute Gasteiger partial charge is 0.167 e. The van der Waals surface area contributed by atoms with E-state index in [1.54, 1.807) is 4.68 Å². The number of likely N-dealkylation sites (tertiary alicyclic amines) is 1. The maximum atomic E-state index is 4.16. The van der Waals surface area contributed by atoms with Gasteiger partial charge in [-0.3, -0.25) is 4.90 Å². The van der Waals surface area contributed by atoms with Gasteiger partial charge in [0, 0.05) is 19.6 Å². The average Bonchev–Trinajstić information content (AvgIpc) is 3.05. The molecule has 1 fully saturated rings. The molecule has 1 aromatic carbocycles. The van der Waals surface area contributed by atoms with Gasteiger partial charge in [-0.05, 0) is 49.1 Å². The molecule has 112 valence electrons. The van der Waals surface area contributed by atoms with Crippen LogP contribution >= 0.6 is 0 Å². The highest BCUT2D eigenvalue weighted by Gasteiger charge is 2.34. The number of aryl methyl sites for hydroxylation is 2. The summed E-state index contributed by atoms with van der Waals surface area (Å²) in [7, 11) is 1.91. The lowest BCUT2D eigenvalue weighted by molar-refractivity contribution is 0.192. The van der Waals surface area contributed by atoms with Crippen molar-refractivity contribution in [2.45, 2.75) is 45.2 Å². The summed E-state index contributed by atoms with van der Waals surface area (Å²) in [5.41, 5.74) is 2.76. The third-order valence-electron chi connectivity index (χ3n) is 4.70. The molecule has 0 amide bonds. The zero-order valence-electron chi connectivity index (χ0n) is 13.2. The maximum absolute atomic E-state index is 4.16. The fourth-order valence-electron chi connectivity index (χ4n) is 3.41. The number of hydrogen-bond acceptors (Lipinski definition) is 4. The first kappa shape index (κ1) is 14.2. The minimum absolute atomic E-state index is 0.246. The summed E-state index contributed by atoms with van der Waals surface area (Å²) in [5, 5.41) is 11.9. The molecule has 5 nitrogen and oxygen atoms in total. The van der Waals surface area contributed by atoms with E-state index in [4.69, 9.17) is 0 Å². The van der Waals surface area contributed by atoms with E-state index < -0.39 is 0 Å². The van der Waals surface area contributed by atoms with Gasteiger partial charge in [0.05, 0.1) is 6.04 Å². The molecular weight excluding hydrogens is 262 g/mol. The second-order valence-electron chi connectivity index (χ2n) is 6.23.